The highest BCUT2D eigenvalue weighted by molar-refractivity contribution is 7.80. The Kier molecular flexibility index (Phi) is 6.89. The zero-order valence-electron chi connectivity index (χ0n) is 11.1. The minimum atomic E-state index is -0.107. The fraction of sp³-hybridized carbons (Fsp3) is 0.429. The van der Waals surface area contributed by atoms with Crippen LogP contribution >= 0.6 is 12.2 Å². The number of hydrogen-bond donors (Lipinski definition) is 2. The summed E-state index contributed by atoms with van der Waals surface area (Å²) in [7, 11) is 0. The fourth-order valence-corrected chi connectivity index (χ4v) is 1.66. The second-order valence-corrected chi connectivity index (χ2v) is 4.73. The molecular formula is C14H20N2O2S. The Morgan fingerprint density at radius 3 is 2.95 bits per heavy atom. The van der Waals surface area contributed by atoms with E-state index >= 15 is 0 Å². The molecule has 0 saturated heterocycles. The second-order valence-electron chi connectivity index (χ2n) is 4.20. The fourth-order valence-electron chi connectivity index (χ4n) is 1.51. The lowest BCUT2D eigenvalue weighted by Crippen LogP contribution is -2.25. The number of thiocarbonyl (C=S) groups is 1. The van der Waals surface area contributed by atoms with Gasteiger partial charge >= 0.3 is 0 Å². The van der Waals surface area contributed by atoms with Crippen LogP contribution in [0.3, 0.4) is 0 Å². The van der Waals surface area contributed by atoms with Gasteiger partial charge in [-0.1, -0.05) is 25.2 Å². The van der Waals surface area contributed by atoms with Crippen LogP contribution in [0.25, 0.3) is 0 Å². The number of nitrogens with two attached hydrogens (primary N) is 1. The van der Waals surface area contributed by atoms with Gasteiger partial charge in [0.2, 0.25) is 0 Å². The van der Waals surface area contributed by atoms with Crippen LogP contribution in [0.4, 0.5) is 0 Å². The van der Waals surface area contributed by atoms with E-state index in [0.717, 1.165) is 18.6 Å². The molecule has 0 atom stereocenters. The van der Waals surface area contributed by atoms with Gasteiger partial charge in [-0.25, -0.2) is 0 Å². The molecule has 19 heavy (non-hydrogen) atoms. The van der Waals surface area contributed by atoms with E-state index in [9.17, 15) is 4.79 Å². The molecule has 0 aliphatic rings. The smallest absolute Gasteiger partial charge is 0.251 e. The number of carbonyl (C=O) groups excluding carboxylic acids is 1. The van der Waals surface area contributed by atoms with E-state index in [1.165, 1.54) is 0 Å². The molecule has 0 bridgehead atoms. The van der Waals surface area contributed by atoms with Crippen molar-refractivity contribution in [1.82, 2.24) is 5.32 Å². The predicted octanol–water partition coefficient (Wildman–Crippen LogP) is 2.27. The van der Waals surface area contributed by atoms with E-state index in [-0.39, 0.29) is 5.91 Å². The average molecular weight is 280 g/mol. The number of rotatable bonds is 8. The normalized spacial score (nSPS) is 9.95. The van der Waals surface area contributed by atoms with Crippen molar-refractivity contribution in [3.63, 3.8) is 0 Å². The SMILES string of the molecule is CCCOc1cccc(C(=O)NCCCC(N)=S)c1. The summed E-state index contributed by atoms with van der Waals surface area (Å²) in [5.74, 6) is 0.613. The van der Waals surface area contributed by atoms with Gasteiger partial charge in [0, 0.05) is 12.1 Å². The van der Waals surface area contributed by atoms with Gasteiger partial charge in [-0.3, -0.25) is 4.79 Å². The Bertz CT molecular complexity index is 435. The van der Waals surface area contributed by atoms with E-state index < -0.39 is 0 Å². The van der Waals surface area contributed by atoms with E-state index in [0.29, 0.717) is 30.1 Å². The summed E-state index contributed by atoms with van der Waals surface area (Å²) in [5, 5.41) is 2.83. The molecule has 4 nitrogen and oxygen atoms in total. The topological polar surface area (TPSA) is 64.3 Å². The van der Waals surface area contributed by atoms with Crippen LogP contribution in [0.1, 0.15) is 36.5 Å². The van der Waals surface area contributed by atoms with Crippen molar-refractivity contribution in [2.24, 2.45) is 5.73 Å². The first kappa shape index (κ1) is 15.4. The third kappa shape index (κ3) is 6.20. The molecule has 0 unspecified atom stereocenters. The molecule has 0 aliphatic carbocycles. The number of ether oxygens (including phenoxy) is 1. The van der Waals surface area contributed by atoms with Crippen molar-refractivity contribution in [1.29, 1.82) is 0 Å². The molecule has 3 N–H and O–H groups in total. The van der Waals surface area contributed by atoms with Gasteiger partial charge in [-0.05, 0) is 37.5 Å². The molecule has 1 aromatic carbocycles. The maximum atomic E-state index is 11.9. The third-order valence-corrected chi connectivity index (χ3v) is 2.66. The summed E-state index contributed by atoms with van der Waals surface area (Å²) in [6.45, 7) is 3.26. The first-order valence-corrected chi connectivity index (χ1v) is 6.83. The lowest BCUT2D eigenvalue weighted by atomic mass is 10.2. The Hall–Kier alpha value is -1.62. The summed E-state index contributed by atoms with van der Waals surface area (Å²) in [6, 6.07) is 7.18. The van der Waals surface area contributed by atoms with Crippen LogP contribution in [0.15, 0.2) is 24.3 Å². The average Bonchev–Trinajstić information content (AvgIpc) is 2.41. The molecule has 0 radical (unpaired) electrons. The first-order valence-electron chi connectivity index (χ1n) is 6.43. The van der Waals surface area contributed by atoms with E-state index in [1.807, 2.05) is 19.1 Å². The minimum Gasteiger partial charge on any atom is -0.494 e. The molecule has 0 spiro atoms. The Balaban J connectivity index is 2.45. The van der Waals surface area contributed by atoms with Gasteiger partial charge in [-0.2, -0.15) is 0 Å². The van der Waals surface area contributed by atoms with Crippen molar-refractivity contribution in [2.75, 3.05) is 13.2 Å². The quantitative estimate of drug-likeness (QED) is 0.566. The number of amides is 1. The molecule has 5 heteroatoms. The van der Waals surface area contributed by atoms with Crippen LogP contribution in [-0.2, 0) is 0 Å². The number of hydrogen-bond acceptors (Lipinski definition) is 3. The van der Waals surface area contributed by atoms with Gasteiger partial charge in [0.25, 0.3) is 5.91 Å². The molecular weight excluding hydrogens is 260 g/mol. The molecule has 1 amide bonds. The largest absolute Gasteiger partial charge is 0.494 e. The molecule has 0 fully saturated rings. The van der Waals surface area contributed by atoms with Gasteiger partial charge in [0.15, 0.2) is 0 Å². The van der Waals surface area contributed by atoms with Crippen LogP contribution in [0.2, 0.25) is 0 Å². The lowest BCUT2D eigenvalue weighted by molar-refractivity contribution is 0.0953. The highest BCUT2D eigenvalue weighted by Crippen LogP contribution is 2.13. The van der Waals surface area contributed by atoms with Crippen LogP contribution in [0.5, 0.6) is 5.75 Å². The summed E-state index contributed by atoms with van der Waals surface area (Å²) < 4.78 is 5.49. The third-order valence-electron chi connectivity index (χ3n) is 2.45. The zero-order valence-corrected chi connectivity index (χ0v) is 12.0. The minimum absolute atomic E-state index is 0.107. The molecule has 0 heterocycles. The molecule has 0 aromatic heterocycles. The van der Waals surface area contributed by atoms with E-state index in [4.69, 9.17) is 22.7 Å². The number of nitrogens with one attached hydrogen (secondary N) is 1. The van der Waals surface area contributed by atoms with Crippen molar-refractivity contribution >= 4 is 23.1 Å². The molecule has 1 rings (SSSR count). The van der Waals surface area contributed by atoms with Gasteiger partial charge in [0.05, 0.1) is 11.6 Å². The Morgan fingerprint density at radius 2 is 2.26 bits per heavy atom. The van der Waals surface area contributed by atoms with Crippen molar-refractivity contribution in [3.05, 3.63) is 29.8 Å². The van der Waals surface area contributed by atoms with Gasteiger partial charge in [0.1, 0.15) is 5.75 Å². The first-order chi connectivity index (χ1) is 9.13. The molecule has 1 aromatic rings. The summed E-state index contributed by atoms with van der Waals surface area (Å²) in [5.41, 5.74) is 5.99. The summed E-state index contributed by atoms with van der Waals surface area (Å²) in [4.78, 5) is 12.4. The molecule has 104 valence electrons. The zero-order chi connectivity index (χ0) is 14.1. The number of carbonyl (C=O) groups is 1. The standard InChI is InChI=1S/C14H20N2O2S/c1-2-9-18-12-6-3-5-11(10-12)14(17)16-8-4-7-13(15)19/h3,5-6,10H,2,4,7-9H2,1H3,(H2,15,19)(H,16,17). The second kappa shape index (κ2) is 8.48. The maximum absolute atomic E-state index is 11.9. The monoisotopic (exact) mass is 280 g/mol. The van der Waals surface area contributed by atoms with Crippen molar-refractivity contribution in [3.8, 4) is 5.75 Å². The maximum Gasteiger partial charge on any atom is 0.251 e. The van der Waals surface area contributed by atoms with Crippen molar-refractivity contribution in [2.45, 2.75) is 26.2 Å². The van der Waals surface area contributed by atoms with Crippen LogP contribution < -0.4 is 15.8 Å². The predicted molar refractivity (Wildman–Crippen MR) is 80.6 cm³/mol. The lowest BCUT2D eigenvalue weighted by Gasteiger charge is -2.08. The highest BCUT2D eigenvalue weighted by atomic mass is 32.1. The molecule has 0 aliphatic heterocycles. The van der Waals surface area contributed by atoms with Crippen LogP contribution in [0, 0.1) is 0 Å². The number of benzene rings is 1. The van der Waals surface area contributed by atoms with Gasteiger partial charge in [-0.15, -0.1) is 0 Å². The summed E-state index contributed by atoms with van der Waals surface area (Å²) >= 11 is 4.77. The Labute approximate surface area is 119 Å². The molecule has 0 saturated carbocycles. The van der Waals surface area contributed by atoms with E-state index in [1.54, 1.807) is 12.1 Å². The highest BCUT2D eigenvalue weighted by Gasteiger charge is 2.06. The van der Waals surface area contributed by atoms with Crippen molar-refractivity contribution < 1.29 is 9.53 Å². The van der Waals surface area contributed by atoms with E-state index in [2.05, 4.69) is 5.32 Å². The van der Waals surface area contributed by atoms with Crippen LogP contribution in [-0.4, -0.2) is 24.0 Å². The Morgan fingerprint density at radius 1 is 1.47 bits per heavy atom. The summed E-state index contributed by atoms with van der Waals surface area (Å²) in [6.07, 6.45) is 2.35. The van der Waals surface area contributed by atoms with Gasteiger partial charge < -0.3 is 15.8 Å².